The topological polar surface area (TPSA) is 109 Å². The van der Waals surface area contributed by atoms with Gasteiger partial charge in [0.25, 0.3) is 0 Å². The zero-order chi connectivity index (χ0) is 24.1. The normalized spacial score (nSPS) is 11.2. The van der Waals surface area contributed by atoms with Crippen LogP contribution < -0.4 is 0 Å². The standard InChI is InChI=1S/C21H41FO11/c1-24-21(23)20-33-19-18-32-17-16-31-15-14-30-13-12-29-11-10-28-9-8-27-7-6-26-5-4-25-3-2-22/h2-20H2,1H3. The lowest BCUT2D eigenvalue weighted by molar-refractivity contribution is -0.146. The van der Waals surface area contributed by atoms with Crippen molar-refractivity contribution >= 4 is 5.97 Å². The van der Waals surface area contributed by atoms with Gasteiger partial charge in [-0.1, -0.05) is 0 Å². The van der Waals surface area contributed by atoms with Crippen molar-refractivity contribution in [3.63, 3.8) is 0 Å². The average Bonchev–Trinajstić information content (AvgIpc) is 2.83. The molecule has 0 radical (unpaired) electrons. The molecule has 0 saturated heterocycles. The molecular weight excluding hydrogens is 447 g/mol. The predicted molar refractivity (Wildman–Crippen MR) is 115 cm³/mol. The van der Waals surface area contributed by atoms with E-state index in [1.807, 2.05) is 0 Å². The molecule has 0 aromatic rings. The quantitative estimate of drug-likeness (QED) is 0.112. The number of alkyl halides is 1. The SMILES string of the molecule is COC(=O)COCCOCCOCCOCCOCCOCCOCCOCCOCCF. The van der Waals surface area contributed by atoms with Crippen molar-refractivity contribution in [1.29, 1.82) is 0 Å². The highest BCUT2D eigenvalue weighted by atomic mass is 19.1. The van der Waals surface area contributed by atoms with Crippen molar-refractivity contribution in [1.82, 2.24) is 0 Å². The van der Waals surface area contributed by atoms with E-state index >= 15 is 0 Å². The van der Waals surface area contributed by atoms with Crippen LogP contribution in [0, 0.1) is 0 Å². The van der Waals surface area contributed by atoms with Crippen LogP contribution in [-0.2, 0) is 52.2 Å². The lowest BCUT2D eigenvalue weighted by atomic mass is 10.6. The van der Waals surface area contributed by atoms with E-state index in [1.165, 1.54) is 7.11 Å². The maximum atomic E-state index is 11.8. The lowest BCUT2D eigenvalue weighted by Crippen LogP contribution is -2.16. The molecular formula is C21H41FO11. The molecule has 0 amide bonds. The summed E-state index contributed by atoms with van der Waals surface area (Å²) in [5.74, 6) is -0.409. The van der Waals surface area contributed by atoms with Gasteiger partial charge < -0.3 is 47.4 Å². The van der Waals surface area contributed by atoms with Gasteiger partial charge in [0, 0.05) is 0 Å². The molecule has 33 heavy (non-hydrogen) atoms. The van der Waals surface area contributed by atoms with E-state index in [-0.39, 0.29) is 13.2 Å². The molecule has 11 nitrogen and oxygen atoms in total. The Kier molecular flexibility index (Phi) is 28.2. The molecule has 0 aliphatic heterocycles. The van der Waals surface area contributed by atoms with Crippen molar-refractivity contribution in [3.8, 4) is 0 Å². The predicted octanol–water partition coefficient (Wildman–Crippen LogP) is 0.278. The highest BCUT2D eigenvalue weighted by Crippen LogP contribution is 1.86. The zero-order valence-corrected chi connectivity index (χ0v) is 19.8. The van der Waals surface area contributed by atoms with E-state index in [2.05, 4.69) is 4.74 Å². The maximum Gasteiger partial charge on any atom is 0.331 e. The Hall–Kier alpha value is -0.960. The van der Waals surface area contributed by atoms with Crippen LogP contribution in [-0.4, -0.2) is 139 Å². The molecule has 0 aromatic heterocycles. The number of esters is 1. The van der Waals surface area contributed by atoms with Gasteiger partial charge >= 0.3 is 5.97 Å². The largest absolute Gasteiger partial charge is 0.467 e. The molecule has 12 heteroatoms. The fourth-order valence-corrected chi connectivity index (χ4v) is 2.03. The molecule has 0 rings (SSSR count). The number of ether oxygens (including phenoxy) is 10. The minimum atomic E-state index is -0.476. The molecule has 0 N–H and O–H groups in total. The van der Waals surface area contributed by atoms with Crippen molar-refractivity contribution in [3.05, 3.63) is 0 Å². The van der Waals surface area contributed by atoms with E-state index < -0.39 is 12.6 Å². The Morgan fingerprint density at radius 2 is 0.697 bits per heavy atom. The van der Waals surface area contributed by atoms with Crippen molar-refractivity contribution in [2.45, 2.75) is 0 Å². The van der Waals surface area contributed by atoms with Crippen molar-refractivity contribution in [2.75, 3.05) is 133 Å². The van der Waals surface area contributed by atoms with Gasteiger partial charge in [-0.2, -0.15) is 0 Å². The second-order valence-electron chi connectivity index (χ2n) is 6.22. The van der Waals surface area contributed by atoms with Gasteiger partial charge in [-0.3, -0.25) is 0 Å². The molecule has 0 saturated carbocycles. The van der Waals surface area contributed by atoms with Crippen LogP contribution in [0.15, 0.2) is 0 Å². The minimum absolute atomic E-state index is 0.0706. The molecule has 0 spiro atoms. The first-order valence-electron chi connectivity index (χ1n) is 11.1. The van der Waals surface area contributed by atoms with Crippen LogP contribution in [0.1, 0.15) is 0 Å². The van der Waals surface area contributed by atoms with Crippen molar-refractivity contribution < 1.29 is 56.6 Å². The fraction of sp³-hybridized carbons (Fsp3) is 0.952. The first-order chi connectivity index (χ1) is 16.3. The molecule has 0 bridgehead atoms. The molecule has 0 aliphatic rings. The first kappa shape index (κ1) is 32.0. The average molecular weight is 489 g/mol. The van der Waals surface area contributed by atoms with Crippen LogP contribution >= 0.6 is 0 Å². The number of hydrogen-bond donors (Lipinski definition) is 0. The molecule has 0 atom stereocenters. The van der Waals surface area contributed by atoms with Gasteiger partial charge in [-0.15, -0.1) is 0 Å². The molecule has 0 aromatic carbocycles. The third-order valence-electron chi connectivity index (χ3n) is 3.65. The van der Waals surface area contributed by atoms with Crippen LogP contribution in [0.5, 0.6) is 0 Å². The Bertz CT molecular complexity index is 391. The van der Waals surface area contributed by atoms with Gasteiger partial charge in [-0.25, -0.2) is 9.18 Å². The van der Waals surface area contributed by atoms with E-state index in [4.69, 9.17) is 42.6 Å². The number of carbonyl (C=O) groups is 1. The van der Waals surface area contributed by atoms with Crippen LogP contribution in [0.2, 0.25) is 0 Å². The van der Waals surface area contributed by atoms with Gasteiger partial charge in [0.05, 0.1) is 119 Å². The van der Waals surface area contributed by atoms with E-state index in [1.54, 1.807) is 0 Å². The Morgan fingerprint density at radius 3 is 0.939 bits per heavy atom. The van der Waals surface area contributed by atoms with Gasteiger partial charge in [0.2, 0.25) is 0 Å². The first-order valence-corrected chi connectivity index (χ1v) is 11.1. The third-order valence-corrected chi connectivity index (χ3v) is 3.65. The molecule has 0 unspecified atom stereocenters. The number of rotatable bonds is 28. The summed E-state index contributed by atoms with van der Waals surface area (Å²) in [4.78, 5) is 10.8. The monoisotopic (exact) mass is 488 g/mol. The van der Waals surface area contributed by atoms with Crippen molar-refractivity contribution in [2.24, 2.45) is 0 Å². The second-order valence-corrected chi connectivity index (χ2v) is 6.22. The summed E-state index contributed by atoms with van der Waals surface area (Å²) in [6.07, 6.45) is 0. The smallest absolute Gasteiger partial charge is 0.331 e. The highest BCUT2D eigenvalue weighted by Gasteiger charge is 1.99. The summed E-state index contributed by atoms with van der Waals surface area (Å²) in [6, 6.07) is 0. The highest BCUT2D eigenvalue weighted by molar-refractivity contribution is 5.70. The summed E-state index contributed by atoms with van der Waals surface area (Å²) in [6.45, 7) is 6.83. The summed E-state index contributed by atoms with van der Waals surface area (Å²) in [7, 11) is 1.31. The molecule has 0 heterocycles. The third kappa shape index (κ3) is 29.0. The zero-order valence-electron chi connectivity index (χ0n) is 19.8. The molecule has 198 valence electrons. The summed E-state index contributed by atoms with van der Waals surface area (Å²) >= 11 is 0. The second kappa shape index (κ2) is 29.1. The maximum absolute atomic E-state index is 11.8. The van der Waals surface area contributed by atoms with E-state index in [9.17, 15) is 9.18 Å². The van der Waals surface area contributed by atoms with Crippen LogP contribution in [0.4, 0.5) is 4.39 Å². The fourth-order valence-electron chi connectivity index (χ4n) is 2.03. The molecule has 0 aliphatic carbocycles. The van der Waals surface area contributed by atoms with E-state index in [0.29, 0.717) is 106 Å². The Morgan fingerprint density at radius 1 is 0.455 bits per heavy atom. The summed E-state index contributed by atoms with van der Waals surface area (Å²) in [5.41, 5.74) is 0. The Balaban J connectivity index is 3.02. The Labute approximate surface area is 196 Å². The lowest BCUT2D eigenvalue weighted by Gasteiger charge is -2.08. The number of carbonyl (C=O) groups excluding carboxylic acids is 1. The van der Waals surface area contributed by atoms with Gasteiger partial charge in [-0.05, 0) is 0 Å². The van der Waals surface area contributed by atoms with Crippen LogP contribution in [0.25, 0.3) is 0 Å². The minimum Gasteiger partial charge on any atom is -0.467 e. The number of halogens is 1. The number of methoxy groups -OCH3 is 1. The van der Waals surface area contributed by atoms with Gasteiger partial charge in [0.15, 0.2) is 0 Å². The summed E-state index contributed by atoms with van der Waals surface area (Å²) in [5, 5.41) is 0. The van der Waals surface area contributed by atoms with Crippen LogP contribution in [0.3, 0.4) is 0 Å². The summed E-state index contributed by atoms with van der Waals surface area (Å²) < 4.78 is 63.6. The number of hydrogen-bond acceptors (Lipinski definition) is 11. The van der Waals surface area contributed by atoms with Gasteiger partial charge in [0.1, 0.15) is 13.3 Å². The molecule has 0 fully saturated rings. The van der Waals surface area contributed by atoms with E-state index in [0.717, 1.165) is 0 Å².